The number of piperidine rings is 1. The Morgan fingerprint density at radius 3 is 2.86 bits per heavy atom. The van der Waals surface area contributed by atoms with Crippen molar-refractivity contribution in [2.45, 2.75) is 25.3 Å². The third-order valence-electron chi connectivity index (χ3n) is 4.81. The Balaban J connectivity index is 1.52. The monoisotopic (exact) mass is 380 g/mol. The van der Waals surface area contributed by atoms with Crippen LogP contribution in [0.25, 0.3) is 11.4 Å². The van der Waals surface area contributed by atoms with E-state index in [0.717, 1.165) is 18.4 Å². The fraction of sp³-hybridized carbons (Fsp3) is 0.316. The fourth-order valence-electron chi connectivity index (χ4n) is 3.42. The van der Waals surface area contributed by atoms with E-state index in [0.29, 0.717) is 24.5 Å². The molecule has 1 N–H and O–H groups in total. The quantitative estimate of drug-likeness (QED) is 0.743. The van der Waals surface area contributed by atoms with Crippen molar-refractivity contribution in [2.24, 2.45) is 7.05 Å². The molecular formula is C19H20N6O3. The molecule has 9 nitrogen and oxygen atoms in total. The van der Waals surface area contributed by atoms with Gasteiger partial charge in [0.05, 0.1) is 6.26 Å². The van der Waals surface area contributed by atoms with Gasteiger partial charge in [0.2, 0.25) is 5.91 Å². The molecule has 1 aromatic carbocycles. The van der Waals surface area contributed by atoms with Crippen LogP contribution in [-0.4, -0.2) is 49.5 Å². The third kappa shape index (κ3) is 3.51. The van der Waals surface area contributed by atoms with Crippen molar-refractivity contribution >= 4 is 17.5 Å². The first-order valence-electron chi connectivity index (χ1n) is 9.11. The van der Waals surface area contributed by atoms with E-state index in [1.165, 1.54) is 6.26 Å². The SMILES string of the molecule is Cn1nnnc1-c1cccc(NC(=O)C2CCCCN2C(=O)c2ccco2)c1. The lowest BCUT2D eigenvalue weighted by Gasteiger charge is -2.34. The first-order valence-corrected chi connectivity index (χ1v) is 9.11. The number of aryl methyl sites for hydroxylation is 1. The van der Waals surface area contributed by atoms with Crippen LogP contribution in [0.2, 0.25) is 0 Å². The van der Waals surface area contributed by atoms with Gasteiger partial charge >= 0.3 is 0 Å². The Morgan fingerprint density at radius 1 is 1.21 bits per heavy atom. The summed E-state index contributed by atoms with van der Waals surface area (Å²) in [5.41, 5.74) is 1.42. The highest BCUT2D eigenvalue weighted by Gasteiger charge is 2.33. The molecule has 0 radical (unpaired) electrons. The number of nitrogens with zero attached hydrogens (tertiary/aromatic N) is 5. The topological polar surface area (TPSA) is 106 Å². The van der Waals surface area contributed by atoms with Crippen molar-refractivity contribution in [3.05, 3.63) is 48.4 Å². The molecule has 0 aliphatic carbocycles. The summed E-state index contributed by atoms with van der Waals surface area (Å²) in [5.74, 6) is 0.372. The van der Waals surface area contributed by atoms with Gasteiger partial charge in [0, 0.05) is 24.8 Å². The second kappa shape index (κ2) is 7.63. The minimum absolute atomic E-state index is 0.215. The van der Waals surface area contributed by atoms with Gasteiger partial charge in [0.25, 0.3) is 5.91 Å². The van der Waals surface area contributed by atoms with E-state index in [9.17, 15) is 9.59 Å². The van der Waals surface area contributed by atoms with E-state index in [1.807, 2.05) is 18.2 Å². The maximum atomic E-state index is 12.9. The highest BCUT2D eigenvalue weighted by Crippen LogP contribution is 2.23. The summed E-state index contributed by atoms with van der Waals surface area (Å²) in [6, 6.07) is 10.0. The van der Waals surface area contributed by atoms with Crippen LogP contribution < -0.4 is 5.32 Å². The number of hydrogen-bond donors (Lipinski definition) is 1. The van der Waals surface area contributed by atoms with Gasteiger partial charge in [-0.2, -0.15) is 0 Å². The van der Waals surface area contributed by atoms with Crippen LogP contribution in [-0.2, 0) is 11.8 Å². The molecule has 4 rings (SSSR count). The van der Waals surface area contributed by atoms with Crippen LogP contribution in [0.4, 0.5) is 5.69 Å². The number of rotatable bonds is 4. The van der Waals surface area contributed by atoms with Gasteiger partial charge in [0.1, 0.15) is 6.04 Å². The molecule has 144 valence electrons. The zero-order valence-corrected chi connectivity index (χ0v) is 15.4. The zero-order chi connectivity index (χ0) is 19.5. The van der Waals surface area contributed by atoms with E-state index in [2.05, 4.69) is 20.8 Å². The number of aromatic nitrogens is 4. The number of furan rings is 1. The molecule has 1 aliphatic rings. The van der Waals surface area contributed by atoms with Crippen molar-refractivity contribution in [1.82, 2.24) is 25.1 Å². The highest BCUT2D eigenvalue weighted by molar-refractivity contribution is 6.00. The Labute approximate surface area is 161 Å². The van der Waals surface area contributed by atoms with Gasteiger partial charge in [0.15, 0.2) is 11.6 Å². The molecule has 2 aromatic heterocycles. The minimum Gasteiger partial charge on any atom is -0.459 e. The molecule has 0 bridgehead atoms. The Hall–Kier alpha value is -3.49. The molecule has 0 saturated carbocycles. The first-order chi connectivity index (χ1) is 13.6. The lowest BCUT2D eigenvalue weighted by Crippen LogP contribution is -2.49. The van der Waals surface area contributed by atoms with Crippen LogP contribution in [0, 0.1) is 0 Å². The standard InChI is InChI=1S/C19H20N6O3/c1-24-17(21-22-23-24)13-6-4-7-14(12-13)20-18(26)15-8-2-3-10-25(15)19(27)16-9-5-11-28-16/h4-7,9,11-12,15H,2-3,8,10H2,1H3,(H,20,26). The molecule has 9 heteroatoms. The largest absolute Gasteiger partial charge is 0.459 e. The Kier molecular flexibility index (Phi) is 4.88. The summed E-state index contributed by atoms with van der Waals surface area (Å²) in [7, 11) is 1.75. The van der Waals surface area contributed by atoms with E-state index in [1.54, 1.807) is 34.8 Å². The van der Waals surface area contributed by atoms with Crippen molar-refractivity contribution in [1.29, 1.82) is 0 Å². The van der Waals surface area contributed by atoms with Gasteiger partial charge in [-0.05, 0) is 54.0 Å². The molecule has 1 atom stereocenters. The average molecular weight is 380 g/mol. The van der Waals surface area contributed by atoms with Crippen LogP contribution in [0.1, 0.15) is 29.8 Å². The summed E-state index contributed by atoms with van der Waals surface area (Å²) >= 11 is 0. The maximum Gasteiger partial charge on any atom is 0.290 e. The Bertz CT molecular complexity index is 981. The summed E-state index contributed by atoms with van der Waals surface area (Å²) in [6.45, 7) is 0.530. The smallest absolute Gasteiger partial charge is 0.290 e. The molecule has 1 saturated heterocycles. The molecule has 2 amide bonds. The normalized spacial score (nSPS) is 16.8. The molecule has 1 aliphatic heterocycles. The summed E-state index contributed by atoms with van der Waals surface area (Å²) in [5, 5.41) is 14.4. The molecule has 3 heterocycles. The van der Waals surface area contributed by atoms with Gasteiger partial charge in [-0.1, -0.05) is 12.1 Å². The molecule has 1 fully saturated rings. The first kappa shape index (κ1) is 17.9. The van der Waals surface area contributed by atoms with Crippen LogP contribution in [0.3, 0.4) is 0 Å². The van der Waals surface area contributed by atoms with Gasteiger partial charge in [-0.3, -0.25) is 9.59 Å². The second-order valence-electron chi connectivity index (χ2n) is 6.68. The number of nitrogens with one attached hydrogen (secondary N) is 1. The minimum atomic E-state index is -0.536. The van der Waals surface area contributed by atoms with Gasteiger partial charge < -0.3 is 14.6 Å². The predicted molar refractivity (Wildman–Crippen MR) is 100 cm³/mol. The van der Waals surface area contributed by atoms with Crippen LogP contribution in [0.5, 0.6) is 0 Å². The maximum absolute atomic E-state index is 12.9. The molecule has 1 unspecified atom stereocenters. The highest BCUT2D eigenvalue weighted by atomic mass is 16.3. The number of carbonyl (C=O) groups is 2. The van der Waals surface area contributed by atoms with E-state index >= 15 is 0 Å². The molecular weight excluding hydrogens is 360 g/mol. The number of benzene rings is 1. The summed E-state index contributed by atoms with van der Waals surface area (Å²) < 4.78 is 6.78. The lowest BCUT2D eigenvalue weighted by atomic mass is 10.0. The van der Waals surface area contributed by atoms with E-state index in [-0.39, 0.29) is 17.6 Å². The fourth-order valence-corrected chi connectivity index (χ4v) is 3.42. The number of amides is 2. The van der Waals surface area contributed by atoms with Crippen molar-refractivity contribution in [3.63, 3.8) is 0 Å². The number of hydrogen-bond acceptors (Lipinski definition) is 6. The van der Waals surface area contributed by atoms with Crippen LogP contribution >= 0.6 is 0 Å². The van der Waals surface area contributed by atoms with Crippen LogP contribution in [0.15, 0.2) is 47.1 Å². The average Bonchev–Trinajstić information content (AvgIpc) is 3.39. The second-order valence-corrected chi connectivity index (χ2v) is 6.68. The van der Waals surface area contributed by atoms with Crippen molar-refractivity contribution in [2.75, 3.05) is 11.9 Å². The number of anilines is 1. The van der Waals surface area contributed by atoms with Gasteiger partial charge in [-0.15, -0.1) is 5.10 Å². The van der Waals surface area contributed by atoms with E-state index < -0.39 is 6.04 Å². The molecule has 28 heavy (non-hydrogen) atoms. The van der Waals surface area contributed by atoms with Gasteiger partial charge in [-0.25, -0.2) is 4.68 Å². The van der Waals surface area contributed by atoms with E-state index in [4.69, 9.17) is 4.42 Å². The van der Waals surface area contributed by atoms with Crippen molar-refractivity contribution < 1.29 is 14.0 Å². The lowest BCUT2D eigenvalue weighted by molar-refractivity contribution is -0.121. The predicted octanol–water partition coefficient (Wildman–Crippen LogP) is 2.10. The summed E-state index contributed by atoms with van der Waals surface area (Å²) in [6.07, 6.45) is 3.83. The number of carbonyl (C=O) groups excluding carboxylic acids is 2. The number of tetrazole rings is 1. The molecule has 3 aromatic rings. The Morgan fingerprint density at radius 2 is 2.11 bits per heavy atom. The van der Waals surface area contributed by atoms with Crippen molar-refractivity contribution in [3.8, 4) is 11.4 Å². The number of likely N-dealkylation sites (tertiary alicyclic amines) is 1. The zero-order valence-electron chi connectivity index (χ0n) is 15.4. The molecule has 0 spiro atoms. The third-order valence-corrected chi connectivity index (χ3v) is 4.81. The summed E-state index contributed by atoms with van der Waals surface area (Å²) in [4.78, 5) is 27.2.